The number of fused-ring (bicyclic) bond motifs is 6. The summed E-state index contributed by atoms with van der Waals surface area (Å²) >= 11 is 0. The summed E-state index contributed by atoms with van der Waals surface area (Å²) in [5.74, 6) is 0. The fraction of sp³-hybridized carbons (Fsp3) is 0. The molecule has 8 rings (SSSR count). The predicted molar refractivity (Wildman–Crippen MR) is 172 cm³/mol. The van der Waals surface area contributed by atoms with Crippen LogP contribution in [0.5, 0.6) is 0 Å². The second-order valence-corrected chi connectivity index (χ2v) is 10.4. The molecule has 42 heavy (non-hydrogen) atoms. The van der Waals surface area contributed by atoms with Gasteiger partial charge in [0, 0.05) is 48.3 Å². The number of pyridine rings is 4. The van der Waals surface area contributed by atoms with E-state index in [0.717, 1.165) is 44.8 Å². The van der Waals surface area contributed by atoms with Gasteiger partial charge in [-0.25, -0.2) is 0 Å². The van der Waals surface area contributed by atoms with E-state index in [2.05, 4.69) is 105 Å². The molecule has 0 amide bonds. The zero-order valence-corrected chi connectivity index (χ0v) is 22.6. The van der Waals surface area contributed by atoms with E-state index in [1.807, 2.05) is 49.1 Å². The third kappa shape index (κ3) is 4.18. The molecule has 196 valence electrons. The monoisotopic (exact) mass is 536 g/mol. The number of hydrogen-bond acceptors (Lipinski definition) is 4. The van der Waals surface area contributed by atoms with Crippen molar-refractivity contribution in [1.29, 1.82) is 0 Å². The highest BCUT2D eigenvalue weighted by molar-refractivity contribution is 6.26. The first kappa shape index (κ1) is 24.1. The highest BCUT2D eigenvalue weighted by atomic mass is 14.7. The van der Waals surface area contributed by atoms with E-state index in [-0.39, 0.29) is 0 Å². The lowest BCUT2D eigenvalue weighted by Gasteiger charge is -2.14. The van der Waals surface area contributed by atoms with Crippen LogP contribution in [-0.2, 0) is 0 Å². The molecule has 4 heteroatoms. The Morgan fingerprint density at radius 3 is 1.21 bits per heavy atom. The van der Waals surface area contributed by atoms with E-state index >= 15 is 0 Å². The van der Waals surface area contributed by atoms with Crippen molar-refractivity contribution < 1.29 is 0 Å². The van der Waals surface area contributed by atoms with Gasteiger partial charge in [0.25, 0.3) is 0 Å². The quantitative estimate of drug-likeness (QED) is 0.210. The lowest BCUT2D eigenvalue weighted by Crippen LogP contribution is -1.89. The normalized spacial score (nSPS) is 11.3. The SMILES string of the molecule is c1cncc(-c2cc(-c3ccc4c5ccc(-c6ccnc(-c7cccnc7)c6)cc5c5ccccc5c4c3)ccn2)c1. The summed E-state index contributed by atoms with van der Waals surface area (Å²) in [4.78, 5) is 17.7. The molecular formula is C38H24N4. The van der Waals surface area contributed by atoms with Crippen LogP contribution in [0.4, 0.5) is 0 Å². The molecule has 0 unspecified atom stereocenters. The van der Waals surface area contributed by atoms with Crippen LogP contribution in [0.3, 0.4) is 0 Å². The van der Waals surface area contributed by atoms with E-state index in [4.69, 9.17) is 0 Å². The van der Waals surface area contributed by atoms with Gasteiger partial charge in [0.2, 0.25) is 0 Å². The molecule has 0 saturated carbocycles. The maximum absolute atomic E-state index is 4.60. The van der Waals surface area contributed by atoms with Crippen LogP contribution in [0, 0.1) is 0 Å². The summed E-state index contributed by atoms with van der Waals surface area (Å²) in [6.07, 6.45) is 11.0. The van der Waals surface area contributed by atoms with Gasteiger partial charge in [-0.3, -0.25) is 19.9 Å². The van der Waals surface area contributed by atoms with Crippen molar-refractivity contribution >= 4 is 32.3 Å². The Morgan fingerprint density at radius 1 is 0.310 bits per heavy atom. The lowest BCUT2D eigenvalue weighted by atomic mass is 9.90. The number of benzene rings is 4. The van der Waals surface area contributed by atoms with Crippen LogP contribution in [0.25, 0.3) is 77.1 Å². The van der Waals surface area contributed by atoms with Gasteiger partial charge in [-0.05, 0) is 115 Å². The molecule has 0 spiro atoms. The zero-order valence-electron chi connectivity index (χ0n) is 22.6. The molecule has 4 aromatic heterocycles. The molecule has 0 bridgehead atoms. The largest absolute Gasteiger partial charge is 0.264 e. The summed E-state index contributed by atoms with van der Waals surface area (Å²) in [7, 11) is 0. The van der Waals surface area contributed by atoms with Crippen molar-refractivity contribution in [2.75, 3.05) is 0 Å². The molecule has 0 N–H and O–H groups in total. The summed E-state index contributed by atoms with van der Waals surface area (Å²) in [6, 6.07) is 38.7. The highest BCUT2D eigenvalue weighted by Crippen LogP contribution is 2.39. The van der Waals surface area contributed by atoms with E-state index in [0.29, 0.717) is 0 Å². The number of nitrogens with zero attached hydrogens (tertiary/aromatic N) is 4. The Morgan fingerprint density at radius 2 is 0.762 bits per heavy atom. The summed E-state index contributed by atoms with van der Waals surface area (Å²) in [6.45, 7) is 0. The first-order valence-corrected chi connectivity index (χ1v) is 13.9. The molecule has 0 fully saturated rings. The summed E-state index contributed by atoms with van der Waals surface area (Å²) in [5, 5.41) is 7.45. The van der Waals surface area contributed by atoms with Crippen LogP contribution < -0.4 is 0 Å². The van der Waals surface area contributed by atoms with Crippen molar-refractivity contribution in [3.63, 3.8) is 0 Å². The Balaban J connectivity index is 1.28. The van der Waals surface area contributed by atoms with E-state index in [9.17, 15) is 0 Å². The first-order chi connectivity index (χ1) is 20.8. The molecule has 8 aromatic rings. The second kappa shape index (κ2) is 10.0. The fourth-order valence-corrected chi connectivity index (χ4v) is 5.88. The van der Waals surface area contributed by atoms with Crippen LogP contribution in [0.1, 0.15) is 0 Å². The van der Waals surface area contributed by atoms with Crippen molar-refractivity contribution in [3.05, 3.63) is 146 Å². The van der Waals surface area contributed by atoms with Crippen molar-refractivity contribution in [2.45, 2.75) is 0 Å². The van der Waals surface area contributed by atoms with E-state index < -0.39 is 0 Å². The van der Waals surface area contributed by atoms with E-state index in [1.54, 1.807) is 12.4 Å². The van der Waals surface area contributed by atoms with Gasteiger partial charge in [0.1, 0.15) is 0 Å². The fourth-order valence-electron chi connectivity index (χ4n) is 5.88. The Kier molecular flexibility index (Phi) is 5.75. The number of aromatic nitrogens is 4. The van der Waals surface area contributed by atoms with Crippen molar-refractivity contribution in [1.82, 2.24) is 19.9 Å². The van der Waals surface area contributed by atoms with Gasteiger partial charge >= 0.3 is 0 Å². The molecule has 4 nitrogen and oxygen atoms in total. The lowest BCUT2D eigenvalue weighted by molar-refractivity contribution is 1.28. The summed E-state index contributed by atoms with van der Waals surface area (Å²) < 4.78 is 0. The van der Waals surface area contributed by atoms with Crippen LogP contribution in [0.2, 0.25) is 0 Å². The minimum absolute atomic E-state index is 0.916. The van der Waals surface area contributed by atoms with E-state index in [1.165, 1.54) is 32.3 Å². The van der Waals surface area contributed by atoms with Crippen LogP contribution in [-0.4, -0.2) is 19.9 Å². The predicted octanol–water partition coefficient (Wildman–Crippen LogP) is 9.39. The molecule has 0 aliphatic carbocycles. The van der Waals surface area contributed by atoms with Gasteiger partial charge in [-0.1, -0.05) is 48.5 Å². The topological polar surface area (TPSA) is 51.6 Å². The number of rotatable bonds is 4. The maximum Gasteiger partial charge on any atom is 0.0723 e. The van der Waals surface area contributed by atoms with Crippen molar-refractivity contribution in [3.8, 4) is 44.8 Å². The number of hydrogen-bond donors (Lipinski definition) is 0. The summed E-state index contributed by atoms with van der Waals surface area (Å²) in [5.41, 5.74) is 8.44. The average Bonchev–Trinajstić information content (AvgIpc) is 3.09. The van der Waals surface area contributed by atoms with Gasteiger partial charge in [0.15, 0.2) is 0 Å². The van der Waals surface area contributed by atoms with Crippen LogP contribution >= 0.6 is 0 Å². The molecule has 0 aliphatic rings. The van der Waals surface area contributed by atoms with Crippen molar-refractivity contribution in [2.24, 2.45) is 0 Å². The maximum atomic E-state index is 4.60. The first-order valence-electron chi connectivity index (χ1n) is 13.9. The van der Waals surface area contributed by atoms with Gasteiger partial charge < -0.3 is 0 Å². The molecule has 4 heterocycles. The Labute approximate surface area is 243 Å². The molecule has 0 atom stereocenters. The smallest absolute Gasteiger partial charge is 0.0723 e. The Hall–Kier alpha value is -5.74. The second-order valence-electron chi connectivity index (χ2n) is 10.4. The molecular weight excluding hydrogens is 512 g/mol. The molecule has 0 aliphatic heterocycles. The molecule has 0 saturated heterocycles. The third-order valence-electron chi connectivity index (χ3n) is 7.94. The van der Waals surface area contributed by atoms with Gasteiger partial charge in [-0.15, -0.1) is 0 Å². The van der Waals surface area contributed by atoms with Crippen LogP contribution in [0.15, 0.2) is 146 Å². The van der Waals surface area contributed by atoms with Gasteiger partial charge in [0.05, 0.1) is 11.4 Å². The minimum atomic E-state index is 0.916. The highest BCUT2D eigenvalue weighted by Gasteiger charge is 2.12. The average molecular weight is 537 g/mol. The molecule has 0 radical (unpaired) electrons. The third-order valence-corrected chi connectivity index (χ3v) is 7.94. The minimum Gasteiger partial charge on any atom is -0.264 e. The standard InChI is InChI=1S/C38H24N4/c1-2-8-32-31(7-1)35-19-25(27-13-17-41-37(21-27)29-5-3-15-39-23-29)9-11-33(35)34-12-10-26(20-36(32)34)28-14-18-42-38(22-28)30-6-4-16-40-24-30/h1-24H. The Bertz CT molecular complexity index is 2060. The molecule has 4 aromatic carbocycles. The van der Waals surface area contributed by atoms with Gasteiger partial charge in [-0.2, -0.15) is 0 Å². The zero-order chi connectivity index (χ0) is 27.9.